The van der Waals surface area contributed by atoms with E-state index in [1.165, 1.54) is 5.56 Å². The molecule has 1 aromatic heterocycles. The van der Waals surface area contributed by atoms with Crippen molar-refractivity contribution in [3.63, 3.8) is 0 Å². The summed E-state index contributed by atoms with van der Waals surface area (Å²) in [5.41, 5.74) is 4.79. The number of nitrogens with one attached hydrogen (secondary N) is 1. The van der Waals surface area contributed by atoms with E-state index in [2.05, 4.69) is 17.1 Å². The number of benzene rings is 2. The van der Waals surface area contributed by atoms with Crippen LogP contribution in [-0.4, -0.2) is 49.9 Å². The Bertz CT molecular complexity index is 1180. The van der Waals surface area contributed by atoms with Crippen LogP contribution in [0, 0.1) is 0 Å². The maximum atomic E-state index is 12.1. The van der Waals surface area contributed by atoms with Crippen molar-refractivity contribution in [2.24, 2.45) is 0 Å². The van der Waals surface area contributed by atoms with Gasteiger partial charge in [0.05, 0.1) is 18.4 Å². The van der Waals surface area contributed by atoms with Gasteiger partial charge >= 0.3 is 0 Å². The third kappa shape index (κ3) is 3.75. The van der Waals surface area contributed by atoms with E-state index in [0.717, 1.165) is 41.2 Å². The minimum absolute atomic E-state index is 0.152. The molecule has 0 saturated carbocycles. The molecule has 7 heteroatoms. The first-order valence-electron chi connectivity index (χ1n) is 10.2. The predicted molar refractivity (Wildman–Crippen MR) is 119 cm³/mol. The summed E-state index contributed by atoms with van der Waals surface area (Å²) in [5, 5.41) is 1.15. The van der Waals surface area contributed by atoms with Gasteiger partial charge in [0.1, 0.15) is 5.75 Å². The summed E-state index contributed by atoms with van der Waals surface area (Å²) in [5.74, 6) is 1.03. The topological polar surface area (TPSA) is 79.5 Å². The van der Waals surface area contributed by atoms with Crippen molar-refractivity contribution in [2.75, 3.05) is 26.0 Å². The number of carbonyl (C=O) groups is 1. The van der Waals surface area contributed by atoms with Crippen molar-refractivity contribution in [3.05, 3.63) is 53.7 Å². The van der Waals surface area contributed by atoms with Crippen LogP contribution in [0.4, 0.5) is 0 Å². The molecule has 1 fully saturated rings. The van der Waals surface area contributed by atoms with Crippen molar-refractivity contribution < 1.29 is 17.9 Å². The molecule has 0 atom stereocenters. The van der Waals surface area contributed by atoms with Crippen LogP contribution in [-0.2, 0) is 10.0 Å². The number of methoxy groups -OCH3 is 1. The average molecular weight is 427 g/mol. The Morgan fingerprint density at radius 1 is 1.13 bits per heavy atom. The lowest BCUT2D eigenvalue weighted by Gasteiger charge is -2.30. The van der Waals surface area contributed by atoms with Crippen molar-refractivity contribution in [2.45, 2.75) is 25.7 Å². The van der Waals surface area contributed by atoms with Gasteiger partial charge in [-0.2, -0.15) is 0 Å². The van der Waals surface area contributed by atoms with Gasteiger partial charge in [-0.3, -0.25) is 4.79 Å². The van der Waals surface area contributed by atoms with Crippen LogP contribution < -0.4 is 4.74 Å². The lowest BCUT2D eigenvalue weighted by atomic mass is 9.89. The predicted octanol–water partition coefficient (Wildman–Crippen LogP) is 4.19. The van der Waals surface area contributed by atoms with E-state index in [4.69, 9.17) is 4.74 Å². The van der Waals surface area contributed by atoms with E-state index >= 15 is 0 Å². The van der Waals surface area contributed by atoms with E-state index in [9.17, 15) is 13.2 Å². The lowest BCUT2D eigenvalue weighted by Crippen LogP contribution is -2.38. The zero-order valence-corrected chi connectivity index (χ0v) is 18.0. The van der Waals surface area contributed by atoms with Gasteiger partial charge in [0.25, 0.3) is 0 Å². The number of aromatic amines is 1. The number of fused-ring (bicyclic) bond motifs is 1. The molecule has 4 rings (SSSR count). The smallest absolute Gasteiger partial charge is 0.213 e. The van der Waals surface area contributed by atoms with Gasteiger partial charge in [0, 0.05) is 30.2 Å². The molecule has 0 aliphatic carbocycles. The summed E-state index contributed by atoms with van der Waals surface area (Å²) >= 11 is 0. The zero-order chi connectivity index (χ0) is 21.3. The molecule has 0 bridgehead atoms. The van der Waals surface area contributed by atoms with Gasteiger partial charge in [-0.25, -0.2) is 12.7 Å². The first-order chi connectivity index (χ1) is 14.5. The standard InChI is InChI=1S/C23H26N2O4S/c1-3-30(27,28)25-10-8-16(9-11-25)21-14-24-22-6-4-18(13-20(21)22)17-5-7-23(29-2)19(12-17)15-26/h4-7,12-16,24H,3,8-11H2,1-2H3. The first-order valence-corrected chi connectivity index (χ1v) is 11.8. The second-order valence-corrected chi connectivity index (χ2v) is 9.91. The van der Waals surface area contributed by atoms with Gasteiger partial charge in [-0.05, 0) is 66.6 Å². The molecule has 1 aliphatic rings. The number of sulfonamides is 1. The van der Waals surface area contributed by atoms with Crippen molar-refractivity contribution in [1.29, 1.82) is 0 Å². The average Bonchev–Trinajstić information content (AvgIpc) is 3.22. The van der Waals surface area contributed by atoms with Crippen LogP contribution >= 0.6 is 0 Å². The Morgan fingerprint density at radius 3 is 2.50 bits per heavy atom. The molecule has 1 saturated heterocycles. The molecule has 0 radical (unpaired) electrons. The molecular weight excluding hydrogens is 400 g/mol. The number of hydrogen-bond acceptors (Lipinski definition) is 4. The van der Waals surface area contributed by atoms with Crippen LogP contribution in [0.3, 0.4) is 0 Å². The molecular formula is C23H26N2O4S. The van der Waals surface area contributed by atoms with Crippen molar-refractivity contribution in [3.8, 4) is 16.9 Å². The maximum absolute atomic E-state index is 12.1. The summed E-state index contributed by atoms with van der Waals surface area (Å²) < 4.78 is 31.1. The van der Waals surface area contributed by atoms with Gasteiger partial charge in [-0.15, -0.1) is 0 Å². The molecule has 0 amide bonds. The highest BCUT2D eigenvalue weighted by atomic mass is 32.2. The van der Waals surface area contributed by atoms with Crippen LogP contribution in [0.15, 0.2) is 42.6 Å². The van der Waals surface area contributed by atoms with Crippen LogP contribution in [0.1, 0.15) is 41.6 Å². The summed E-state index contributed by atoms with van der Waals surface area (Å²) in [6, 6.07) is 11.8. The SMILES string of the molecule is CCS(=O)(=O)N1CCC(c2c[nH]c3ccc(-c4ccc(OC)c(C=O)c4)cc23)CC1. The Morgan fingerprint density at radius 2 is 1.83 bits per heavy atom. The van der Waals surface area contributed by atoms with E-state index in [-0.39, 0.29) is 5.75 Å². The molecule has 1 N–H and O–H groups in total. The molecule has 30 heavy (non-hydrogen) atoms. The quantitative estimate of drug-likeness (QED) is 0.600. The first kappa shape index (κ1) is 20.6. The van der Waals surface area contributed by atoms with E-state index in [1.54, 1.807) is 18.3 Å². The highest BCUT2D eigenvalue weighted by molar-refractivity contribution is 7.89. The Kier molecular flexibility index (Phi) is 5.66. The third-order valence-electron chi connectivity index (χ3n) is 6.06. The fourth-order valence-electron chi connectivity index (χ4n) is 4.29. The number of ether oxygens (including phenoxy) is 1. The number of aldehydes is 1. The zero-order valence-electron chi connectivity index (χ0n) is 17.2. The fourth-order valence-corrected chi connectivity index (χ4v) is 5.43. The summed E-state index contributed by atoms with van der Waals surface area (Å²) in [6.07, 6.45) is 4.48. The summed E-state index contributed by atoms with van der Waals surface area (Å²) in [6.45, 7) is 2.82. The number of H-pyrrole nitrogens is 1. The molecule has 0 spiro atoms. The molecule has 6 nitrogen and oxygen atoms in total. The number of aromatic nitrogens is 1. The van der Waals surface area contributed by atoms with Crippen molar-refractivity contribution >= 4 is 27.2 Å². The van der Waals surface area contributed by atoms with Crippen molar-refractivity contribution in [1.82, 2.24) is 9.29 Å². The Hall–Kier alpha value is -2.64. The van der Waals surface area contributed by atoms with Gasteiger partial charge in [0.15, 0.2) is 6.29 Å². The van der Waals surface area contributed by atoms with Crippen LogP contribution in [0.2, 0.25) is 0 Å². The molecule has 158 valence electrons. The second-order valence-electron chi connectivity index (χ2n) is 7.65. The van der Waals surface area contributed by atoms with Crippen LogP contribution in [0.5, 0.6) is 5.75 Å². The molecule has 3 aromatic rings. The number of carbonyl (C=O) groups excluding carboxylic acids is 1. The Balaban J connectivity index is 1.64. The minimum atomic E-state index is -3.12. The number of rotatable bonds is 6. The molecule has 0 unspecified atom stereocenters. The molecule has 1 aliphatic heterocycles. The van der Waals surface area contributed by atoms with Gasteiger partial charge in [0.2, 0.25) is 10.0 Å². The molecule has 2 heterocycles. The summed E-state index contributed by atoms with van der Waals surface area (Å²) in [4.78, 5) is 14.7. The number of hydrogen-bond donors (Lipinski definition) is 1. The normalized spacial score (nSPS) is 16.1. The monoisotopic (exact) mass is 426 g/mol. The number of piperidine rings is 1. The van der Waals surface area contributed by atoms with E-state index in [1.807, 2.05) is 30.5 Å². The third-order valence-corrected chi connectivity index (χ3v) is 7.94. The van der Waals surface area contributed by atoms with E-state index in [0.29, 0.717) is 30.3 Å². The highest BCUT2D eigenvalue weighted by Gasteiger charge is 2.28. The maximum Gasteiger partial charge on any atom is 0.213 e. The van der Waals surface area contributed by atoms with Crippen LogP contribution in [0.25, 0.3) is 22.0 Å². The van der Waals surface area contributed by atoms with Gasteiger partial charge in [-0.1, -0.05) is 12.1 Å². The number of nitrogens with zero attached hydrogens (tertiary/aromatic N) is 1. The fraction of sp³-hybridized carbons (Fsp3) is 0.348. The lowest BCUT2D eigenvalue weighted by molar-refractivity contribution is 0.112. The molecule has 2 aromatic carbocycles. The Labute approximate surface area is 176 Å². The van der Waals surface area contributed by atoms with Gasteiger partial charge < -0.3 is 9.72 Å². The largest absolute Gasteiger partial charge is 0.496 e. The second kappa shape index (κ2) is 8.24. The minimum Gasteiger partial charge on any atom is -0.496 e. The van der Waals surface area contributed by atoms with E-state index < -0.39 is 10.0 Å². The summed E-state index contributed by atoms with van der Waals surface area (Å²) in [7, 11) is -1.57. The highest BCUT2D eigenvalue weighted by Crippen LogP contribution is 2.36.